The zero-order chi connectivity index (χ0) is 23.0. The molecule has 0 aliphatic carbocycles. The highest BCUT2D eigenvalue weighted by atomic mass is 35.5. The molecule has 0 aromatic heterocycles. The third-order valence-electron chi connectivity index (χ3n) is 5.95. The molecule has 2 unspecified atom stereocenters. The second kappa shape index (κ2) is 8.88. The Morgan fingerprint density at radius 1 is 1.28 bits per heavy atom. The second-order valence-corrected chi connectivity index (χ2v) is 8.43. The van der Waals surface area contributed by atoms with E-state index in [4.69, 9.17) is 16.6 Å². The van der Waals surface area contributed by atoms with Crippen molar-refractivity contribution in [1.29, 1.82) is 0 Å². The topological polar surface area (TPSA) is 85.8 Å². The van der Waals surface area contributed by atoms with Gasteiger partial charge < -0.3 is 0 Å². The Morgan fingerprint density at radius 2 is 2.00 bits per heavy atom. The number of nitrogens with zero attached hydrogens (tertiary/aromatic N) is 4. The minimum Gasteiger partial charge on any atom is -0.279 e. The molecule has 2 atom stereocenters. The molecule has 2 N–H and O–H groups in total. The Bertz CT molecular complexity index is 1110. The number of nitro groups is 1. The van der Waals surface area contributed by atoms with Crippen LogP contribution in [0, 0.1) is 10.1 Å². The minimum atomic E-state index is -0.391. The monoisotopic (exact) mass is 455 g/mol. The minimum absolute atomic E-state index is 0.0300. The number of non-ortho nitro benzene ring substituents is 1. The molecular weight excluding hydrogens is 428 g/mol. The van der Waals surface area contributed by atoms with Gasteiger partial charge in [0.2, 0.25) is 0 Å². The van der Waals surface area contributed by atoms with Crippen LogP contribution in [-0.4, -0.2) is 52.0 Å². The Balaban J connectivity index is 1.96. The summed E-state index contributed by atoms with van der Waals surface area (Å²) in [7, 11) is 1.90. The molecule has 0 saturated heterocycles. The number of nitro benzene ring substituents is 1. The van der Waals surface area contributed by atoms with Gasteiger partial charge >= 0.3 is 5.96 Å². The molecule has 2 aromatic rings. The van der Waals surface area contributed by atoms with Crippen LogP contribution in [0.3, 0.4) is 0 Å². The highest BCUT2D eigenvalue weighted by molar-refractivity contribution is 6.32. The van der Waals surface area contributed by atoms with Crippen molar-refractivity contribution in [3.63, 3.8) is 0 Å². The quantitative estimate of drug-likeness (QED) is 0.406. The summed E-state index contributed by atoms with van der Waals surface area (Å²) in [5.41, 5.74) is 8.14. The molecule has 8 nitrogen and oxygen atoms in total. The number of hydrazine groups is 1. The van der Waals surface area contributed by atoms with Crippen LogP contribution in [0.5, 0.6) is 0 Å². The lowest BCUT2D eigenvalue weighted by Crippen LogP contribution is -2.48. The van der Waals surface area contributed by atoms with E-state index in [-0.39, 0.29) is 17.9 Å². The van der Waals surface area contributed by atoms with Crippen molar-refractivity contribution in [2.24, 2.45) is 4.99 Å². The SMILES string of the molecule is CCCN1NC(NC)=[N+]2c3cc(CC)c(Cl)cc3C(c3ccc([N+](=O)[O-])cc3)=NC(C)C12. The third-order valence-corrected chi connectivity index (χ3v) is 6.30. The van der Waals surface area contributed by atoms with Crippen LogP contribution in [0.4, 0.5) is 11.4 Å². The predicted molar refractivity (Wildman–Crippen MR) is 127 cm³/mol. The summed E-state index contributed by atoms with van der Waals surface area (Å²) in [6.07, 6.45) is 1.77. The molecule has 0 bridgehead atoms. The fourth-order valence-corrected chi connectivity index (χ4v) is 4.75. The van der Waals surface area contributed by atoms with E-state index in [2.05, 4.69) is 47.2 Å². The van der Waals surface area contributed by atoms with Crippen molar-refractivity contribution in [3.05, 3.63) is 68.2 Å². The molecule has 2 aliphatic heterocycles. The van der Waals surface area contributed by atoms with Crippen molar-refractivity contribution < 1.29 is 9.50 Å². The Hall–Kier alpha value is -2.97. The first-order chi connectivity index (χ1) is 15.4. The average molecular weight is 456 g/mol. The van der Waals surface area contributed by atoms with Crippen molar-refractivity contribution in [2.75, 3.05) is 13.6 Å². The Kier molecular flexibility index (Phi) is 6.17. The molecule has 9 heteroatoms. The van der Waals surface area contributed by atoms with E-state index in [0.717, 1.165) is 53.4 Å². The number of aryl methyl sites for hydroxylation is 1. The van der Waals surface area contributed by atoms with Gasteiger partial charge in [-0.3, -0.25) is 20.4 Å². The second-order valence-electron chi connectivity index (χ2n) is 8.02. The number of halogens is 1. The van der Waals surface area contributed by atoms with Gasteiger partial charge in [-0.05, 0) is 49.6 Å². The Labute approximate surface area is 192 Å². The number of hydrogen-bond acceptors (Lipinski definition) is 6. The van der Waals surface area contributed by atoms with Gasteiger partial charge in [0.1, 0.15) is 5.69 Å². The number of hydrogen-bond donors (Lipinski definition) is 2. The molecule has 0 saturated carbocycles. The molecule has 0 radical (unpaired) electrons. The first kappa shape index (κ1) is 22.2. The maximum absolute atomic E-state index is 11.1. The van der Waals surface area contributed by atoms with Crippen molar-refractivity contribution >= 4 is 34.6 Å². The molecule has 2 heterocycles. The van der Waals surface area contributed by atoms with Crippen LogP contribution < -0.4 is 10.7 Å². The van der Waals surface area contributed by atoms with Gasteiger partial charge in [-0.2, -0.15) is 5.43 Å². The molecule has 32 heavy (non-hydrogen) atoms. The normalized spacial score (nSPS) is 20.2. The highest BCUT2D eigenvalue weighted by Gasteiger charge is 2.44. The molecule has 2 aliphatic rings. The fraction of sp³-hybridized carbons (Fsp3) is 0.391. The van der Waals surface area contributed by atoms with E-state index in [9.17, 15) is 10.1 Å². The predicted octanol–water partition coefficient (Wildman–Crippen LogP) is 3.83. The van der Waals surface area contributed by atoms with E-state index < -0.39 is 4.92 Å². The van der Waals surface area contributed by atoms with Gasteiger partial charge in [0.15, 0.2) is 6.17 Å². The summed E-state index contributed by atoms with van der Waals surface area (Å²) in [6, 6.07) is 10.6. The number of guanidine groups is 1. The summed E-state index contributed by atoms with van der Waals surface area (Å²) >= 11 is 6.65. The maximum Gasteiger partial charge on any atom is 0.369 e. The average Bonchev–Trinajstić information content (AvgIpc) is 3.10. The summed E-state index contributed by atoms with van der Waals surface area (Å²) in [6.45, 7) is 7.20. The lowest BCUT2D eigenvalue weighted by Gasteiger charge is -2.24. The summed E-state index contributed by atoms with van der Waals surface area (Å²) in [5, 5.41) is 17.3. The summed E-state index contributed by atoms with van der Waals surface area (Å²) < 4.78 is 2.26. The van der Waals surface area contributed by atoms with E-state index in [1.807, 2.05) is 13.1 Å². The first-order valence-corrected chi connectivity index (χ1v) is 11.3. The van der Waals surface area contributed by atoms with Gasteiger partial charge in [0, 0.05) is 34.8 Å². The van der Waals surface area contributed by atoms with E-state index in [1.54, 1.807) is 12.1 Å². The van der Waals surface area contributed by atoms with Crippen molar-refractivity contribution in [3.8, 4) is 0 Å². The third kappa shape index (κ3) is 3.73. The molecule has 168 valence electrons. The van der Waals surface area contributed by atoms with Crippen LogP contribution in [0.2, 0.25) is 5.02 Å². The van der Waals surface area contributed by atoms with Gasteiger partial charge in [-0.1, -0.05) is 25.4 Å². The molecule has 4 rings (SSSR count). The van der Waals surface area contributed by atoms with E-state index in [0.29, 0.717) is 5.02 Å². The number of benzene rings is 2. The summed E-state index contributed by atoms with van der Waals surface area (Å²) in [5.74, 6) is 0.890. The van der Waals surface area contributed by atoms with E-state index in [1.165, 1.54) is 12.1 Å². The number of rotatable bonds is 5. The van der Waals surface area contributed by atoms with Crippen molar-refractivity contribution in [2.45, 2.75) is 45.8 Å². The number of aliphatic imine (C=N–C) groups is 1. The fourth-order valence-electron chi connectivity index (χ4n) is 4.45. The highest BCUT2D eigenvalue weighted by Crippen LogP contribution is 2.36. The lowest BCUT2D eigenvalue weighted by molar-refractivity contribution is -0.504. The first-order valence-electron chi connectivity index (χ1n) is 10.9. The van der Waals surface area contributed by atoms with Crippen LogP contribution >= 0.6 is 11.6 Å². The zero-order valence-electron chi connectivity index (χ0n) is 18.7. The smallest absolute Gasteiger partial charge is 0.279 e. The van der Waals surface area contributed by atoms with Crippen LogP contribution in [0.1, 0.15) is 43.9 Å². The standard InChI is InChI=1S/C23H27ClN6O2/c1-5-11-28-22-14(3)26-21(16-7-9-17(10-8-16)30(31)32)18-13-19(24)15(6-2)12-20(18)29(22)23(25-4)27-28/h7-10,12-14,22H,5-6,11H2,1-4H3,(H,25,27)/p+1. The van der Waals surface area contributed by atoms with Crippen LogP contribution in [-0.2, 0) is 6.42 Å². The van der Waals surface area contributed by atoms with Crippen LogP contribution in [0.25, 0.3) is 0 Å². The van der Waals surface area contributed by atoms with Crippen molar-refractivity contribution in [1.82, 2.24) is 15.8 Å². The number of nitrogens with one attached hydrogen (secondary N) is 2. The van der Waals surface area contributed by atoms with Gasteiger partial charge in [-0.25, -0.2) is 4.58 Å². The van der Waals surface area contributed by atoms with Crippen LogP contribution in [0.15, 0.2) is 41.4 Å². The molecular formula is C23H28ClN6O2+. The molecule has 2 aromatic carbocycles. The molecule has 0 amide bonds. The molecule has 0 fully saturated rings. The van der Waals surface area contributed by atoms with Gasteiger partial charge in [0.05, 0.1) is 23.7 Å². The maximum atomic E-state index is 11.1. The zero-order valence-corrected chi connectivity index (χ0v) is 19.5. The number of fused-ring (bicyclic) bond motifs is 3. The molecule has 0 spiro atoms. The van der Waals surface area contributed by atoms with E-state index >= 15 is 0 Å². The van der Waals surface area contributed by atoms with Gasteiger partial charge in [-0.15, -0.1) is 5.01 Å². The summed E-state index contributed by atoms with van der Waals surface area (Å²) in [4.78, 5) is 15.9. The Morgan fingerprint density at radius 3 is 2.59 bits per heavy atom. The van der Waals surface area contributed by atoms with Gasteiger partial charge in [0.25, 0.3) is 5.69 Å². The largest absolute Gasteiger partial charge is 0.369 e. The lowest BCUT2D eigenvalue weighted by atomic mass is 9.98.